The molecule has 1 heterocycles. The van der Waals surface area contributed by atoms with Crippen LogP contribution in [0.4, 0.5) is 0 Å². The van der Waals surface area contributed by atoms with Gasteiger partial charge in [-0.1, -0.05) is 12.1 Å². The van der Waals surface area contributed by atoms with Gasteiger partial charge in [0.15, 0.2) is 33.2 Å². The van der Waals surface area contributed by atoms with Crippen molar-refractivity contribution in [3.05, 3.63) is 53.6 Å². The van der Waals surface area contributed by atoms with E-state index < -0.39 is 33.4 Å². The van der Waals surface area contributed by atoms with E-state index in [0.717, 1.165) is 0 Å². The maximum atomic E-state index is 12.8. The molecule has 1 aliphatic rings. The van der Waals surface area contributed by atoms with Crippen LogP contribution in [-0.2, 0) is 20.4 Å². The summed E-state index contributed by atoms with van der Waals surface area (Å²) in [5.41, 5.74) is 0.726. The molecule has 3 rings (SSSR count). The van der Waals surface area contributed by atoms with E-state index in [2.05, 4.69) is 0 Å². The number of rotatable bonds is 9. The van der Waals surface area contributed by atoms with E-state index in [4.69, 9.17) is 14.2 Å². The van der Waals surface area contributed by atoms with Crippen molar-refractivity contribution in [2.24, 2.45) is 0 Å². The average molecular weight is 462 g/mol. The molecule has 0 N–H and O–H groups in total. The Morgan fingerprint density at radius 2 is 1.88 bits per heavy atom. The molecule has 32 heavy (non-hydrogen) atoms. The molecule has 1 unspecified atom stereocenters. The summed E-state index contributed by atoms with van der Waals surface area (Å²) >= 11 is 0. The lowest BCUT2D eigenvalue weighted by Crippen LogP contribution is -2.45. The van der Waals surface area contributed by atoms with Crippen LogP contribution in [0.2, 0.25) is 0 Å². The molecular weight excluding hydrogens is 434 g/mol. The molecule has 0 radical (unpaired) electrons. The van der Waals surface area contributed by atoms with Crippen LogP contribution in [-0.4, -0.2) is 63.7 Å². The van der Waals surface area contributed by atoms with Crippen LogP contribution in [0.3, 0.4) is 0 Å². The molecule has 0 saturated heterocycles. The van der Waals surface area contributed by atoms with Gasteiger partial charge < -0.3 is 19.1 Å². The minimum atomic E-state index is -3.81. The summed E-state index contributed by atoms with van der Waals surface area (Å²) in [4.78, 5) is 25.9. The molecule has 0 aliphatic carbocycles. The summed E-state index contributed by atoms with van der Waals surface area (Å²) < 4.78 is 42.4. The van der Waals surface area contributed by atoms with Crippen molar-refractivity contribution in [1.82, 2.24) is 4.90 Å². The first-order valence-electron chi connectivity index (χ1n) is 10.3. The molecule has 0 spiro atoms. The normalized spacial score (nSPS) is 15.2. The summed E-state index contributed by atoms with van der Waals surface area (Å²) in [5.74, 6) is -0.174. The molecule has 1 amide bonds. The largest absolute Gasteiger partial charge is 0.496 e. The number of methoxy groups -OCH3 is 1. The fourth-order valence-electron chi connectivity index (χ4n) is 3.48. The lowest BCUT2D eigenvalue weighted by Gasteiger charge is -2.30. The number of para-hydroxylation sites is 2. The number of amides is 1. The molecular formula is C23H27NO7S. The smallest absolute Gasteiger partial charge is 0.237 e. The van der Waals surface area contributed by atoms with Crippen molar-refractivity contribution in [3.63, 3.8) is 0 Å². The van der Waals surface area contributed by atoms with E-state index >= 15 is 0 Å². The first-order valence-corrected chi connectivity index (χ1v) is 12.1. The van der Waals surface area contributed by atoms with Crippen LogP contribution in [0, 0.1) is 0 Å². The first-order chi connectivity index (χ1) is 15.2. The van der Waals surface area contributed by atoms with Crippen LogP contribution < -0.4 is 14.2 Å². The highest BCUT2D eigenvalue weighted by atomic mass is 32.2. The number of ether oxygens (including phenoxy) is 3. The van der Waals surface area contributed by atoms with Crippen molar-refractivity contribution in [2.45, 2.75) is 25.7 Å². The lowest BCUT2D eigenvalue weighted by atomic mass is 10.1. The molecule has 2 aromatic rings. The van der Waals surface area contributed by atoms with Gasteiger partial charge in [0.25, 0.3) is 0 Å². The van der Waals surface area contributed by atoms with Gasteiger partial charge in [-0.25, -0.2) is 8.42 Å². The molecule has 9 heteroatoms. The van der Waals surface area contributed by atoms with Crippen molar-refractivity contribution in [2.75, 3.05) is 32.6 Å². The lowest BCUT2D eigenvalue weighted by molar-refractivity contribution is -0.129. The Kier molecular flexibility index (Phi) is 7.40. The highest BCUT2D eigenvalue weighted by Gasteiger charge is 2.28. The Labute approximate surface area is 188 Å². The molecule has 0 saturated carbocycles. The maximum Gasteiger partial charge on any atom is 0.237 e. The Hall–Kier alpha value is -3.07. The zero-order valence-corrected chi connectivity index (χ0v) is 19.2. The number of fused-ring (bicyclic) bond motifs is 1. The van der Waals surface area contributed by atoms with E-state index in [1.807, 2.05) is 12.1 Å². The predicted molar refractivity (Wildman–Crippen MR) is 119 cm³/mol. The average Bonchev–Trinajstić information content (AvgIpc) is 2.76. The van der Waals surface area contributed by atoms with Crippen LogP contribution in [0.5, 0.6) is 17.2 Å². The third-order valence-electron chi connectivity index (χ3n) is 5.13. The molecule has 172 valence electrons. The second-order valence-corrected chi connectivity index (χ2v) is 9.61. The van der Waals surface area contributed by atoms with Gasteiger partial charge in [-0.3, -0.25) is 9.59 Å². The highest BCUT2D eigenvalue weighted by Crippen LogP contribution is 2.31. The Morgan fingerprint density at radius 1 is 1.16 bits per heavy atom. The van der Waals surface area contributed by atoms with Gasteiger partial charge in [-0.2, -0.15) is 0 Å². The first kappa shape index (κ1) is 23.6. The van der Waals surface area contributed by atoms with Gasteiger partial charge in [0, 0.05) is 17.7 Å². The Morgan fingerprint density at radius 3 is 2.53 bits per heavy atom. The number of hydrogen-bond acceptors (Lipinski definition) is 7. The van der Waals surface area contributed by atoms with Crippen LogP contribution >= 0.6 is 0 Å². The second kappa shape index (κ2) is 10.0. The van der Waals surface area contributed by atoms with Gasteiger partial charge in [0.05, 0.1) is 19.4 Å². The zero-order valence-electron chi connectivity index (χ0n) is 18.4. The van der Waals surface area contributed by atoms with Gasteiger partial charge in [-0.05, 0) is 44.2 Å². The number of benzene rings is 2. The number of likely N-dealkylation sites (N-methyl/N-ethyl adjacent to an activating group) is 1. The zero-order chi connectivity index (χ0) is 23.3. The number of carbonyl (C=O) groups excluding carboxylic acids is 2. The topological polar surface area (TPSA) is 99.2 Å². The van der Waals surface area contributed by atoms with Gasteiger partial charge in [0.2, 0.25) is 5.91 Å². The third kappa shape index (κ3) is 5.79. The summed E-state index contributed by atoms with van der Waals surface area (Å²) in [6, 6.07) is 11.9. The second-order valence-electron chi connectivity index (χ2n) is 7.55. The fraction of sp³-hybridized carbons (Fsp3) is 0.391. The summed E-state index contributed by atoms with van der Waals surface area (Å²) in [7, 11) is -2.38. The number of ketones is 1. The van der Waals surface area contributed by atoms with Gasteiger partial charge in [0.1, 0.15) is 18.1 Å². The molecule has 1 aliphatic heterocycles. The van der Waals surface area contributed by atoms with Crippen LogP contribution in [0.25, 0.3) is 0 Å². The quantitative estimate of drug-likeness (QED) is 0.529. The molecule has 0 fully saturated rings. The molecule has 8 nitrogen and oxygen atoms in total. The van der Waals surface area contributed by atoms with E-state index in [-0.39, 0.29) is 18.9 Å². The van der Waals surface area contributed by atoms with E-state index in [1.165, 1.54) is 25.0 Å². The summed E-state index contributed by atoms with van der Waals surface area (Å²) in [6.45, 7) is 3.99. The number of Topliss-reactive ketones (excluding diaryl/α,β-unsaturated/α-hetero) is 1. The number of carbonyl (C=O) groups is 2. The fourth-order valence-corrected chi connectivity index (χ4v) is 4.84. The van der Waals surface area contributed by atoms with Gasteiger partial charge >= 0.3 is 0 Å². The Bertz CT molecular complexity index is 1100. The third-order valence-corrected chi connectivity index (χ3v) is 6.57. The van der Waals surface area contributed by atoms with Crippen molar-refractivity contribution in [1.29, 1.82) is 0 Å². The van der Waals surface area contributed by atoms with Crippen molar-refractivity contribution < 1.29 is 32.2 Å². The highest BCUT2D eigenvalue weighted by molar-refractivity contribution is 7.91. The summed E-state index contributed by atoms with van der Waals surface area (Å²) in [6.07, 6.45) is -0.399. The molecule has 1 atom stereocenters. The minimum Gasteiger partial charge on any atom is -0.496 e. The van der Waals surface area contributed by atoms with Crippen LogP contribution in [0.15, 0.2) is 42.5 Å². The van der Waals surface area contributed by atoms with E-state index in [1.54, 1.807) is 31.2 Å². The van der Waals surface area contributed by atoms with Crippen molar-refractivity contribution in [3.8, 4) is 17.2 Å². The number of nitrogens with zero attached hydrogens (tertiary/aromatic N) is 1. The predicted octanol–water partition coefficient (Wildman–Crippen LogP) is 2.50. The minimum absolute atomic E-state index is 0.184. The molecule has 0 aromatic heterocycles. The SMILES string of the molecule is CCN(CC1COc2ccccc2O1)C(=O)CS(=O)(=O)Cc1cc(C(C)=O)ccc1OC. The van der Waals surface area contributed by atoms with Crippen molar-refractivity contribution >= 4 is 21.5 Å². The number of hydrogen-bond donors (Lipinski definition) is 0. The maximum absolute atomic E-state index is 12.8. The molecule has 2 aromatic carbocycles. The standard InChI is InChI=1S/C23H27NO7S/c1-4-24(12-19-13-30-21-7-5-6-8-22(21)31-19)23(26)15-32(27,28)14-18-11-17(16(2)25)9-10-20(18)29-3/h5-11,19H,4,12-15H2,1-3H3. The number of sulfone groups is 1. The Balaban J connectivity index is 1.67. The van der Waals surface area contributed by atoms with E-state index in [0.29, 0.717) is 34.9 Å². The van der Waals surface area contributed by atoms with Gasteiger partial charge in [-0.15, -0.1) is 0 Å². The van der Waals surface area contributed by atoms with Crippen LogP contribution in [0.1, 0.15) is 29.8 Å². The van der Waals surface area contributed by atoms with E-state index in [9.17, 15) is 18.0 Å². The monoisotopic (exact) mass is 461 g/mol. The summed E-state index contributed by atoms with van der Waals surface area (Å²) in [5, 5.41) is 0. The molecule has 0 bridgehead atoms.